The Morgan fingerprint density at radius 1 is 0.850 bits per heavy atom. The van der Waals surface area contributed by atoms with E-state index < -0.39 is 11.9 Å². The van der Waals surface area contributed by atoms with Crippen molar-refractivity contribution in [1.82, 2.24) is 9.80 Å². The van der Waals surface area contributed by atoms with E-state index in [-0.39, 0.29) is 5.91 Å². The normalized spacial score (nSPS) is 15.8. The summed E-state index contributed by atoms with van der Waals surface area (Å²) in [5.41, 5.74) is 4.59. The monoisotopic (exact) mass is 553 g/mol. The first-order valence-electron chi connectivity index (χ1n) is 13.3. The molecule has 216 valence electrons. The summed E-state index contributed by atoms with van der Waals surface area (Å²) in [4.78, 5) is 41.0. The number of carbonyl (C=O) groups excluding carboxylic acids is 1. The lowest BCUT2D eigenvalue weighted by Crippen LogP contribution is -2.50. The maximum absolute atomic E-state index is 12.8. The topological polar surface area (TPSA) is 126 Å². The molecule has 11 nitrogen and oxygen atoms in total. The van der Waals surface area contributed by atoms with Crippen molar-refractivity contribution >= 4 is 34.9 Å². The highest BCUT2D eigenvalue weighted by molar-refractivity contribution is 5.89. The first kappa shape index (κ1) is 30.3. The molecule has 3 N–H and O–H groups in total. The summed E-state index contributed by atoms with van der Waals surface area (Å²) in [6.45, 7) is 9.71. The third-order valence-electron chi connectivity index (χ3n) is 6.92. The van der Waals surface area contributed by atoms with Gasteiger partial charge in [0.2, 0.25) is 5.91 Å². The Morgan fingerprint density at radius 3 is 2.00 bits per heavy atom. The Morgan fingerprint density at radius 2 is 1.43 bits per heavy atom. The average Bonchev–Trinajstić information content (AvgIpc) is 2.96. The minimum Gasteiger partial charge on any atom is -0.495 e. The van der Waals surface area contributed by atoms with Crippen molar-refractivity contribution in [2.75, 3.05) is 88.2 Å². The van der Waals surface area contributed by atoms with E-state index in [4.69, 9.17) is 14.9 Å². The SMILES string of the molecule is COc1ccc(NCC(=O)N2CCN(c3ccccc3C)CC2)cc1N1CCN(C)CC1.O=C(O)/C=C/C(=O)O. The van der Waals surface area contributed by atoms with Crippen LogP contribution in [0.25, 0.3) is 0 Å². The second-order valence-electron chi connectivity index (χ2n) is 9.69. The smallest absolute Gasteiger partial charge is 0.328 e. The first-order valence-corrected chi connectivity index (χ1v) is 13.3. The number of nitrogens with one attached hydrogen (secondary N) is 1. The van der Waals surface area contributed by atoms with Gasteiger partial charge in [-0.1, -0.05) is 18.2 Å². The van der Waals surface area contributed by atoms with Gasteiger partial charge in [-0.05, 0) is 43.8 Å². The third kappa shape index (κ3) is 8.91. The van der Waals surface area contributed by atoms with Crippen LogP contribution in [0.3, 0.4) is 0 Å². The van der Waals surface area contributed by atoms with Crippen LogP contribution in [0.1, 0.15) is 5.56 Å². The molecule has 11 heteroatoms. The summed E-state index contributed by atoms with van der Waals surface area (Å²) in [5.74, 6) is -1.50. The lowest BCUT2D eigenvalue weighted by molar-refractivity contribution is -0.134. The van der Waals surface area contributed by atoms with Gasteiger partial charge >= 0.3 is 11.9 Å². The van der Waals surface area contributed by atoms with Gasteiger partial charge in [-0.2, -0.15) is 0 Å². The standard InChI is InChI=1S/C25H35N5O2.C4H4O4/c1-20-6-4-5-7-22(20)28-14-16-30(17-15-28)25(31)19-26-21-8-9-24(32-3)23(18-21)29-12-10-27(2)11-13-29;5-3(6)1-2-4(7)8/h4-9,18,26H,10-17,19H2,1-3H3;1-2H,(H,5,6)(H,7,8)/b;2-1+. The summed E-state index contributed by atoms with van der Waals surface area (Å²) >= 11 is 0. The number of rotatable bonds is 8. The molecule has 2 fully saturated rings. The number of likely N-dealkylation sites (N-methyl/N-ethyl adjacent to an activating group) is 1. The first-order chi connectivity index (χ1) is 19.2. The number of aliphatic carboxylic acids is 2. The van der Waals surface area contributed by atoms with Crippen LogP contribution in [0.5, 0.6) is 5.75 Å². The van der Waals surface area contributed by atoms with Gasteiger partial charge in [0, 0.05) is 75.9 Å². The van der Waals surface area contributed by atoms with Crippen LogP contribution < -0.4 is 19.9 Å². The quantitative estimate of drug-likeness (QED) is 0.419. The van der Waals surface area contributed by atoms with Crippen molar-refractivity contribution in [1.29, 1.82) is 0 Å². The molecule has 2 heterocycles. The number of carbonyl (C=O) groups is 3. The van der Waals surface area contributed by atoms with Crippen LogP contribution >= 0.6 is 0 Å². The van der Waals surface area contributed by atoms with Gasteiger partial charge in [0.15, 0.2) is 0 Å². The number of piperazine rings is 2. The maximum Gasteiger partial charge on any atom is 0.328 e. The van der Waals surface area contributed by atoms with Crippen molar-refractivity contribution in [3.05, 3.63) is 60.2 Å². The van der Waals surface area contributed by atoms with Crippen molar-refractivity contribution in [2.24, 2.45) is 0 Å². The minimum atomic E-state index is -1.26. The minimum absolute atomic E-state index is 0.145. The van der Waals surface area contributed by atoms with Gasteiger partial charge in [-0.15, -0.1) is 0 Å². The fourth-order valence-electron chi connectivity index (χ4n) is 4.64. The number of carboxylic acid groups (broad SMARTS) is 2. The van der Waals surface area contributed by atoms with Gasteiger partial charge in [0.05, 0.1) is 19.3 Å². The molecule has 0 unspecified atom stereocenters. The molecule has 1 amide bonds. The molecule has 0 aliphatic carbocycles. The molecule has 0 bridgehead atoms. The average molecular weight is 554 g/mol. The number of para-hydroxylation sites is 1. The fraction of sp³-hybridized carbons (Fsp3) is 0.414. The zero-order chi connectivity index (χ0) is 29.1. The molecule has 40 heavy (non-hydrogen) atoms. The van der Waals surface area contributed by atoms with Crippen molar-refractivity contribution in [3.8, 4) is 5.75 Å². The van der Waals surface area contributed by atoms with E-state index in [0.717, 1.165) is 69.5 Å². The van der Waals surface area contributed by atoms with E-state index in [1.807, 2.05) is 17.0 Å². The Labute approximate surface area is 235 Å². The summed E-state index contributed by atoms with van der Waals surface area (Å²) in [6.07, 6.45) is 1.12. The summed E-state index contributed by atoms with van der Waals surface area (Å²) in [6, 6.07) is 14.5. The van der Waals surface area contributed by atoms with Gasteiger partial charge in [-0.25, -0.2) is 9.59 Å². The number of aryl methyl sites for hydroxylation is 1. The Bertz CT molecular complexity index is 1170. The number of amides is 1. The van der Waals surface area contributed by atoms with Gasteiger partial charge < -0.3 is 39.9 Å². The van der Waals surface area contributed by atoms with E-state index in [1.165, 1.54) is 11.3 Å². The Kier molecular flexibility index (Phi) is 11.2. The molecule has 4 rings (SSSR count). The van der Waals surface area contributed by atoms with Crippen LogP contribution in [-0.4, -0.2) is 111 Å². The predicted octanol–water partition coefficient (Wildman–Crippen LogP) is 2.23. The molecule has 2 aliphatic rings. The number of methoxy groups -OCH3 is 1. The molecule has 0 spiro atoms. The molecular weight excluding hydrogens is 514 g/mol. The summed E-state index contributed by atoms with van der Waals surface area (Å²) in [5, 5.41) is 19.0. The molecule has 0 atom stereocenters. The van der Waals surface area contributed by atoms with Crippen LogP contribution in [0, 0.1) is 6.92 Å². The summed E-state index contributed by atoms with van der Waals surface area (Å²) in [7, 11) is 3.86. The number of ether oxygens (including phenoxy) is 1. The molecular formula is C29H39N5O6. The lowest BCUT2D eigenvalue weighted by atomic mass is 10.1. The van der Waals surface area contributed by atoms with Crippen molar-refractivity contribution in [3.63, 3.8) is 0 Å². The van der Waals surface area contributed by atoms with Gasteiger partial charge in [-0.3, -0.25) is 4.79 Å². The van der Waals surface area contributed by atoms with Crippen LogP contribution in [0.15, 0.2) is 54.6 Å². The molecule has 2 aliphatic heterocycles. The molecule has 0 aromatic heterocycles. The number of benzene rings is 2. The largest absolute Gasteiger partial charge is 0.495 e. The van der Waals surface area contributed by atoms with E-state index >= 15 is 0 Å². The number of nitrogens with zero attached hydrogens (tertiary/aromatic N) is 4. The molecule has 0 radical (unpaired) electrons. The van der Waals surface area contributed by atoms with Crippen molar-refractivity contribution in [2.45, 2.75) is 6.92 Å². The second-order valence-corrected chi connectivity index (χ2v) is 9.69. The Balaban J connectivity index is 0.000000482. The highest BCUT2D eigenvalue weighted by Crippen LogP contribution is 2.32. The maximum atomic E-state index is 12.8. The van der Waals surface area contributed by atoms with E-state index in [1.54, 1.807) is 7.11 Å². The highest BCUT2D eigenvalue weighted by Gasteiger charge is 2.22. The van der Waals surface area contributed by atoms with Crippen molar-refractivity contribution < 1.29 is 29.3 Å². The highest BCUT2D eigenvalue weighted by atomic mass is 16.5. The lowest BCUT2D eigenvalue weighted by Gasteiger charge is -2.37. The van der Waals surface area contributed by atoms with Gasteiger partial charge in [0.1, 0.15) is 5.75 Å². The molecule has 2 aromatic carbocycles. The fourth-order valence-corrected chi connectivity index (χ4v) is 4.64. The number of hydrogen-bond acceptors (Lipinski definition) is 8. The Hall–Kier alpha value is -4.25. The van der Waals surface area contributed by atoms with Crippen LogP contribution in [-0.2, 0) is 14.4 Å². The molecule has 2 aromatic rings. The zero-order valence-electron chi connectivity index (χ0n) is 23.4. The predicted molar refractivity (Wildman–Crippen MR) is 156 cm³/mol. The van der Waals surface area contributed by atoms with E-state index in [9.17, 15) is 14.4 Å². The van der Waals surface area contributed by atoms with Gasteiger partial charge in [0.25, 0.3) is 0 Å². The number of carboxylic acids is 2. The summed E-state index contributed by atoms with van der Waals surface area (Å²) < 4.78 is 5.59. The molecule has 2 saturated heterocycles. The zero-order valence-corrected chi connectivity index (χ0v) is 23.4. The van der Waals surface area contributed by atoms with Crippen LogP contribution in [0.2, 0.25) is 0 Å². The number of anilines is 3. The number of hydrogen-bond donors (Lipinski definition) is 3. The van der Waals surface area contributed by atoms with E-state index in [0.29, 0.717) is 18.7 Å². The molecule has 0 saturated carbocycles. The van der Waals surface area contributed by atoms with E-state index in [2.05, 4.69) is 64.3 Å². The third-order valence-corrected chi connectivity index (χ3v) is 6.92. The van der Waals surface area contributed by atoms with Crippen LogP contribution in [0.4, 0.5) is 17.1 Å². The second kappa shape index (κ2) is 14.8.